The van der Waals surface area contributed by atoms with Crippen LogP contribution in [-0.4, -0.2) is 4.98 Å². The zero-order valence-corrected chi connectivity index (χ0v) is 10.7. The molecular formula is C13H15FN2S. The van der Waals surface area contributed by atoms with Gasteiger partial charge >= 0.3 is 0 Å². The molecule has 17 heavy (non-hydrogen) atoms. The van der Waals surface area contributed by atoms with E-state index < -0.39 is 0 Å². The Balaban J connectivity index is 1.98. The molecule has 0 spiro atoms. The van der Waals surface area contributed by atoms with E-state index in [0.717, 1.165) is 12.1 Å². The third-order valence-electron chi connectivity index (χ3n) is 2.79. The normalized spacial score (nSPS) is 12.6. The molecule has 2 aromatic heterocycles. The van der Waals surface area contributed by atoms with Gasteiger partial charge in [-0.15, -0.1) is 0 Å². The van der Waals surface area contributed by atoms with Crippen molar-refractivity contribution in [2.45, 2.75) is 26.4 Å². The van der Waals surface area contributed by atoms with E-state index in [0.29, 0.717) is 0 Å². The number of rotatable bonds is 4. The fraction of sp³-hybridized carbons (Fsp3) is 0.308. The maximum atomic E-state index is 13.0. The van der Waals surface area contributed by atoms with Gasteiger partial charge in [-0.2, -0.15) is 11.3 Å². The van der Waals surface area contributed by atoms with Crippen LogP contribution in [-0.2, 0) is 6.54 Å². The summed E-state index contributed by atoms with van der Waals surface area (Å²) in [5.41, 5.74) is 3.47. The highest BCUT2D eigenvalue weighted by Crippen LogP contribution is 2.16. The Hall–Kier alpha value is -1.26. The summed E-state index contributed by atoms with van der Waals surface area (Å²) in [6, 6.07) is 1.61. The molecule has 0 aliphatic rings. The van der Waals surface area contributed by atoms with Gasteiger partial charge in [-0.1, -0.05) is 0 Å². The van der Waals surface area contributed by atoms with Crippen molar-refractivity contribution in [1.29, 1.82) is 0 Å². The van der Waals surface area contributed by atoms with E-state index >= 15 is 0 Å². The van der Waals surface area contributed by atoms with E-state index in [2.05, 4.69) is 28.0 Å². The first kappa shape index (κ1) is 12.2. The first-order valence-corrected chi connectivity index (χ1v) is 6.46. The molecule has 2 nitrogen and oxygen atoms in total. The van der Waals surface area contributed by atoms with Gasteiger partial charge in [0.05, 0.1) is 6.20 Å². The van der Waals surface area contributed by atoms with Crippen molar-refractivity contribution in [2.75, 3.05) is 0 Å². The van der Waals surface area contributed by atoms with Gasteiger partial charge in [0.1, 0.15) is 5.82 Å². The smallest absolute Gasteiger partial charge is 0.141 e. The van der Waals surface area contributed by atoms with Crippen molar-refractivity contribution in [3.8, 4) is 0 Å². The zero-order chi connectivity index (χ0) is 12.3. The van der Waals surface area contributed by atoms with Gasteiger partial charge in [-0.3, -0.25) is 4.98 Å². The summed E-state index contributed by atoms with van der Waals surface area (Å²) < 4.78 is 13.0. The third-order valence-corrected chi connectivity index (χ3v) is 3.70. The fourth-order valence-corrected chi connectivity index (χ4v) is 2.47. The van der Waals surface area contributed by atoms with Gasteiger partial charge in [0.25, 0.3) is 0 Å². The number of halogens is 1. The summed E-state index contributed by atoms with van der Waals surface area (Å²) in [6.45, 7) is 4.91. The molecule has 0 aliphatic carbocycles. The molecule has 0 saturated heterocycles. The summed E-state index contributed by atoms with van der Waals surface area (Å²) in [6.07, 6.45) is 2.92. The minimum absolute atomic E-state index is 0.0949. The maximum absolute atomic E-state index is 13.0. The van der Waals surface area contributed by atoms with Gasteiger partial charge in [-0.05, 0) is 47.4 Å². The highest BCUT2D eigenvalue weighted by Gasteiger charge is 2.07. The lowest BCUT2D eigenvalue weighted by Gasteiger charge is -2.13. The Morgan fingerprint density at radius 2 is 2.24 bits per heavy atom. The van der Waals surface area contributed by atoms with Crippen LogP contribution in [0.15, 0.2) is 29.2 Å². The number of hydrogen-bond donors (Lipinski definition) is 1. The van der Waals surface area contributed by atoms with Crippen LogP contribution in [0.3, 0.4) is 0 Å². The minimum Gasteiger partial charge on any atom is -0.306 e. The SMILES string of the molecule is Cc1cscc1CNC(C)c1cncc(F)c1. The molecule has 0 amide bonds. The second-order valence-corrected chi connectivity index (χ2v) is 4.86. The molecule has 4 heteroatoms. The highest BCUT2D eigenvalue weighted by molar-refractivity contribution is 7.08. The second kappa shape index (κ2) is 5.38. The molecule has 0 saturated carbocycles. The van der Waals surface area contributed by atoms with Gasteiger partial charge in [0, 0.05) is 18.8 Å². The lowest BCUT2D eigenvalue weighted by atomic mass is 10.1. The van der Waals surface area contributed by atoms with Crippen molar-refractivity contribution >= 4 is 11.3 Å². The third kappa shape index (κ3) is 3.11. The van der Waals surface area contributed by atoms with Crippen molar-refractivity contribution in [3.05, 3.63) is 51.7 Å². The van der Waals surface area contributed by atoms with E-state index in [4.69, 9.17) is 0 Å². The Morgan fingerprint density at radius 3 is 2.88 bits per heavy atom. The summed E-state index contributed by atoms with van der Waals surface area (Å²) in [5.74, 6) is -0.289. The van der Waals surface area contributed by atoms with Crippen LogP contribution in [0.4, 0.5) is 4.39 Å². The molecule has 1 N–H and O–H groups in total. The van der Waals surface area contributed by atoms with Crippen LogP contribution < -0.4 is 5.32 Å². The van der Waals surface area contributed by atoms with Crippen LogP contribution in [0.1, 0.15) is 29.7 Å². The van der Waals surface area contributed by atoms with Crippen LogP contribution in [0, 0.1) is 12.7 Å². The lowest BCUT2D eigenvalue weighted by molar-refractivity contribution is 0.560. The van der Waals surface area contributed by atoms with E-state index in [-0.39, 0.29) is 11.9 Å². The number of nitrogens with zero attached hydrogens (tertiary/aromatic N) is 1. The molecule has 2 aromatic rings. The molecular weight excluding hydrogens is 235 g/mol. The molecule has 0 radical (unpaired) electrons. The zero-order valence-electron chi connectivity index (χ0n) is 9.90. The summed E-state index contributed by atoms with van der Waals surface area (Å²) in [4.78, 5) is 3.85. The van der Waals surface area contributed by atoms with Crippen molar-refractivity contribution in [1.82, 2.24) is 10.3 Å². The van der Waals surface area contributed by atoms with E-state index in [1.165, 1.54) is 23.4 Å². The molecule has 2 heterocycles. The number of thiophene rings is 1. The predicted octanol–water partition coefficient (Wildman–Crippen LogP) is 3.44. The van der Waals surface area contributed by atoms with Gasteiger partial charge < -0.3 is 5.32 Å². The first-order valence-electron chi connectivity index (χ1n) is 5.52. The molecule has 0 aliphatic heterocycles. The standard InChI is InChI=1S/C13H15FN2S/c1-9-7-17-8-12(9)5-16-10(2)11-3-13(14)6-15-4-11/h3-4,6-8,10,16H,5H2,1-2H3. The summed E-state index contributed by atoms with van der Waals surface area (Å²) in [5, 5.41) is 7.64. The van der Waals surface area contributed by atoms with Crippen molar-refractivity contribution in [3.63, 3.8) is 0 Å². The van der Waals surface area contributed by atoms with Gasteiger partial charge in [0.2, 0.25) is 0 Å². The molecule has 2 rings (SSSR count). The summed E-state index contributed by atoms with van der Waals surface area (Å²) >= 11 is 1.70. The topological polar surface area (TPSA) is 24.9 Å². The fourth-order valence-electron chi connectivity index (χ4n) is 1.61. The first-order chi connectivity index (χ1) is 8.16. The summed E-state index contributed by atoms with van der Waals surface area (Å²) in [7, 11) is 0. The van der Waals surface area contributed by atoms with Crippen LogP contribution >= 0.6 is 11.3 Å². The average Bonchev–Trinajstić information content (AvgIpc) is 2.72. The van der Waals surface area contributed by atoms with Crippen molar-refractivity contribution in [2.24, 2.45) is 0 Å². The number of aromatic nitrogens is 1. The van der Waals surface area contributed by atoms with E-state index in [9.17, 15) is 4.39 Å². The number of aryl methyl sites for hydroxylation is 1. The molecule has 1 unspecified atom stereocenters. The van der Waals surface area contributed by atoms with Gasteiger partial charge in [0.15, 0.2) is 0 Å². The van der Waals surface area contributed by atoms with Crippen LogP contribution in [0.25, 0.3) is 0 Å². The van der Waals surface area contributed by atoms with E-state index in [1.54, 1.807) is 17.5 Å². The highest BCUT2D eigenvalue weighted by atomic mass is 32.1. The predicted molar refractivity (Wildman–Crippen MR) is 68.5 cm³/mol. The monoisotopic (exact) mass is 250 g/mol. The number of nitrogens with one attached hydrogen (secondary N) is 1. The van der Waals surface area contributed by atoms with Crippen molar-refractivity contribution < 1.29 is 4.39 Å². The maximum Gasteiger partial charge on any atom is 0.141 e. The molecule has 1 atom stereocenters. The quantitative estimate of drug-likeness (QED) is 0.899. The Morgan fingerprint density at radius 1 is 1.41 bits per heavy atom. The minimum atomic E-state index is -0.289. The van der Waals surface area contributed by atoms with Crippen LogP contribution in [0.5, 0.6) is 0 Å². The van der Waals surface area contributed by atoms with E-state index in [1.807, 2.05) is 6.92 Å². The molecule has 90 valence electrons. The Bertz CT molecular complexity index is 496. The lowest BCUT2D eigenvalue weighted by Crippen LogP contribution is -2.18. The number of pyridine rings is 1. The average molecular weight is 250 g/mol. The molecule has 0 fully saturated rings. The largest absolute Gasteiger partial charge is 0.306 e. The van der Waals surface area contributed by atoms with Crippen LogP contribution in [0.2, 0.25) is 0 Å². The second-order valence-electron chi connectivity index (χ2n) is 4.12. The number of hydrogen-bond acceptors (Lipinski definition) is 3. The Kier molecular flexibility index (Phi) is 3.86. The molecule has 0 aromatic carbocycles. The molecule has 0 bridgehead atoms. The van der Waals surface area contributed by atoms with Gasteiger partial charge in [-0.25, -0.2) is 4.39 Å². The Labute approximate surface area is 105 Å².